The van der Waals surface area contributed by atoms with Crippen molar-refractivity contribution in [3.63, 3.8) is 0 Å². The van der Waals surface area contributed by atoms with Crippen molar-refractivity contribution in [3.05, 3.63) is 24.3 Å². The van der Waals surface area contributed by atoms with Crippen molar-refractivity contribution in [2.45, 2.75) is 31.4 Å². The molecule has 0 bridgehead atoms. The number of nitrogens with two attached hydrogens (primary N) is 1. The van der Waals surface area contributed by atoms with E-state index < -0.39 is 0 Å². The van der Waals surface area contributed by atoms with E-state index in [0.29, 0.717) is 0 Å². The highest BCUT2D eigenvalue weighted by Crippen LogP contribution is 2.30. The fourth-order valence-electron chi connectivity index (χ4n) is 2.13. The van der Waals surface area contributed by atoms with Gasteiger partial charge in [0, 0.05) is 6.04 Å². The summed E-state index contributed by atoms with van der Waals surface area (Å²) in [5, 5.41) is 0.753. The van der Waals surface area contributed by atoms with Crippen LogP contribution in [0.1, 0.15) is 19.3 Å². The van der Waals surface area contributed by atoms with E-state index in [1.54, 1.807) is 11.3 Å². The standard InChI is InChI=1S/C12H14N2OS/c13-8-4-3-6-10(8)15-12-14-9-5-1-2-7-11(9)16-12/h1-2,5,7-8,10H,3-4,6,13H2. The van der Waals surface area contributed by atoms with Gasteiger partial charge >= 0.3 is 0 Å². The number of ether oxygens (including phenoxy) is 1. The highest BCUT2D eigenvalue weighted by Gasteiger charge is 2.26. The fraction of sp³-hybridized carbons (Fsp3) is 0.417. The number of benzene rings is 1. The van der Waals surface area contributed by atoms with E-state index >= 15 is 0 Å². The lowest BCUT2D eigenvalue weighted by molar-refractivity contribution is 0.191. The molecule has 2 N–H and O–H groups in total. The Kier molecular flexibility index (Phi) is 2.53. The van der Waals surface area contributed by atoms with Crippen LogP contribution in [0, 0.1) is 0 Å². The third kappa shape index (κ3) is 1.79. The fourth-order valence-corrected chi connectivity index (χ4v) is 3.00. The van der Waals surface area contributed by atoms with Gasteiger partial charge in [0.15, 0.2) is 0 Å². The van der Waals surface area contributed by atoms with Crippen molar-refractivity contribution in [1.29, 1.82) is 0 Å². The van der Waals surface area contributed by atoms with Crippen LogP contribution in [0.3, 0.4) is 0 Å². The van der Waals surface area contributed by atoms with E-state index in [1.165, 1.54) is 4.70 Å². The molecule has 1 aromatic heterocycles. The summed E-state index contributed by atoms with van der Waals surface area (Å²) in [5.74, 6) is 0. The molecule has 0 radical (unpaired) electrons. The van der Waals surface area contributed by atoms with Gasteiger partial charge in [0.05, 0.1) is 10.2 Å². The average molecular weight is 234 g/mol. The topological polar surface area (TPSA) is 48.1 Å². The van der Waals surface area contributed by atoms with Crippen LogP contribution in [0.5, 0.6) is 5.19 Å². The molecule has 1 aliphatic rings. The van der Waals surface area contributed by atoms with Crippen LogP contribution in [0.4, 0.5) is 0 Å². The number of hydrogen-bond acceptors (Lipinski definition) is 4. The van der Waals surface area contributed by atoms with Crippen molar-refractivity contribution in [1.82, 2.24) is 4.98 Å². The number of fused-ring (bicyclic) bond motifs is 1. The first-order chi connectivity index (χ1) is 7.83. The Balaban J connectivity index is 1.83. The maximum absolute atomic E-state index is 5.97. The predicted octanol–water partition coefficient (Wildman–Crippen LogP) is 2.55. The zero-order chi connectivity index (χ0) is 11.0. The quantitative estimate of drug-likeness (QED) is 0.868. The summed E-state index contributed by atoms with van der Waals surface area (Å²) in [6.45, 7) is 0. The Morgan fingerprint density at radius 3 is 2.94 bits per heavy atom. The van der Waals surface area contributed by atoms with Crippen LogP contribution in [0.15, 0.2) is 24.3 Å². The molecule has 3 rings (SSSR count). The van der Waals surface area contributed by atoms with Crippen LogP contribution in [-0.4, -0.2) is 17.1 Å². The summed E-state index contributed by atoms with van der Waals surface area (Å²) in [4.78, 5) is 4.45. The maximum atomic E-state index is 5.97. The number of nitrogens with zero attached hydrogens (tertiary/aromatic N) is 1. The molecule has 3 nitrogen and oxygen atoms in total. The van der Waals surface area contributed by atoms with E-state index in [4.69, 9.17) is 10.5 Å². The molecule has 2 atom stereocenters. The molecule has 0 saturated heterocycles. The normalized spacial score (nSPS) is 25.1. The SMILES string of the molecule is NC1CCCC1Oc1nc2ccccc2s1. The first-order valence-corrected chi connectivity index (χ1v) is 6.42. The molecule has 1 fully saturated rings. The summed E-state index contributed by atoms with van der Waals surface area (Å²) in [6.07, 6.45) is 3.43. The van der Waals surface area contributed by atoms with Gasteiger partial charge in [-0.25, -0.2) is 4.98 Å². The third-order valence-corrected chi connectivity index (χ3v) is 3.96. The molecule has 0 amide bonds. The third-order valence-electron chi connectivity index (χ3n) is 3.03. The summed E-state index contributed by atoms with van der Waals surface area (Å²) in [7, 11) is 0. The predicted molar refractivity (Wildman–Crippen MR) is 65.9 cm³/mol. The Morgan fingerprint density at radius 2 is 2.19 bits per heavy atom. The monoisotopic (exact) mass is 234 g/mol. The first kappa shape index (κ1) is 10.1. The Morgan fingerprint density at radius 1 is 1.31 bits per heavy atom. The number of aromatic nitrogens is 1. The number of hydrogen-bond donors (Lipinski definition) is 1. The van der Waals surface area contributed by atoms with Gasteiger partial charge in [-0.1, -0.05) is 23.5 Å². The van der Waals surface area contributed by atoms with Crippen LogP contribution in [-0.2, 0) is 0 Å². The van der Waals surface area contributed by atoms with E-state index in [9.17, 15) is 0 Å². The van der Waals surface area contributed by atoms with Crippen LogP contribution in [0.25, 0.3) is 10.2 Å². The molecule has 16 heavy (non-hydrogen) atoms. The molecule has 2 aromatic rings. The number of thiazole rings is 1. The van der Waals surface area contributed by atoms with Crippen molar-refractivity contribution in [2.75, 3.05) is 0 Å². The van der Waals surface area contributed by atoms with Gasteiger partial charge in [-0.05, 0) is 31.4 Å². The molecule has 84 valence electrons. The lowest BCUT2D eigenvalue weighted by Gasteiger charge is -2.14. The highest BCUT2D eigenvalue weighted by atomic mass is 32.1. The lowest BCUT2D eigenvalue weighted by atomic mass is 10.2. The molecule has 1 saturated carbocycles. The average Bonchev–Trinajstić information content (AvgIpc) is 2.85. The minimum Gasteiger partial charge on any atom is -0.465 e. The zero-order valence-electron chi connectivity index (χ0n) is 8.93. The van der Waals surface area contributed by atoms with Gasteiger partial charge in [-0.2, -0.15) is 0 Å². The van der Waals surface area contributed by atoms with Gasteiger partial charge in [0.1, 0.15) is 6.10 Å². The van der Waals surface area contributed by atoms with Crippen LogP contribution < -0.4 is 10.5 Å². The summed E-state index contributed by atoms with van der Waals surface area (Å²) >= 11 is 1.60. The molecular weight excluding hydrogens is 220 g/mol. The Bertz CT molecular complexity index is 463. The smallest absolute Gasteiger partial charge is 0.274 e. The van der Waals surface area contributed by atoms with Gasteiger partial charge < -0.3 is 10.5 Å². The largest absolute Gasteiger partial charge is 0.465 e. The van der Waals surface area contributed by atoms with Crippen molar-refractivity contribution in [2.24, 2.45) is 5.73 Å². The summed E-state index contributed by atoms with van der Waals surface area (Å²) in [5.41, 5.74) is 6.98. The molecular formula is C12H14N2OS. The molecule has 1 heterocycles. The molecule has 0 spiro atoms. The molecule has 2 unspecified atom stereocenters. The van der Waals surface area contributed by atoms with Crippen LogP contribution >= 0.6 is 11.3 Å². The van der Waals surface area contributed by atoms with Crippen molar-refractivity contribution < 1.29 is 4.74 Å². The zero-order valence-corrected chi connectivity index (χ0v) is 9.74. The van der Waals surface area contributed by atoms with Gasteiger partial charge in [-0.3, -0.25) is 0 Å². The van der Waals surface area contributed by atoms with Gasteiger partial charge in [-0.15, -0.1) is 0 Å². The number of para-hydroxylation sites is 1. The second kappa shape index (κ2) is 4.03. The van der Waals surface area contributed by atoms with E-state index in [0.717, 1.165) is 30.0 Å². The van der Waals surface area contributed by atoms with E-state index in [-0.39, 0.29) is 12.1 Å². The number of rotatable bonds is 2. The first-order valence-electron chi connectivity index (χ1n) is 5.61. The molecule has 1 aliphatic carbocycles. The van der Waals surface area contributed by atoms with Gasteiger partial charge in [0.25, 0.3) is 5.19 Å². The Hall–Kier alpha value is -1.13. The molecule has 0 aliphatic heterocycles. The van der Waals surface area contributed by atoms with E-state index in [1.807, 2.05) is 18.2 Å². The molecule has 1 aromatic carbocycles. The van der Waals surface area contributed by atoms with E-state index in [2.05, 4.69) is 11.1 Å². The second-order valence-corrected chi connectivity index (χ2v) is 5.19. The van der Waals surface area contributed by atoms with Crippen molar-refractivity contribution >= 4 is 21.6 Å². The highest BCUT2D eigenvalue weighted by molar-refractivity contribution is 7.20. The maximum Gasteiger partial charge on any atom is 0.274 e. The summed E-state index contributed by atoms with van der Waals surface area (Å²) in [6, 6.07) is 8.26. The lowest BCUT2D eigenvalue weighted by Crippen LogP contribution is -2.33. The van der Waals surface area contributed by atoms with Crippen LogP contribution in [0.2, 0.25) is 0 Å². The van der Waals surface area contributed by atoms with Crippen molar-refractivity contribution in [3.8, 4) is 5.19 Å². The summed E-state index contributed by atoms with van der Waals surface area (Å²) < 4.78 is 7.03. The molecule has 4 heteroatoms. The minimum atomic E-state index is 0.153. The van der Waals surface area contributed by atoms with Gasteiger partial charge in [0.2, 0.25) is 0 Å². The minimum absolute atomic E-state index is 0.153. The second-order valence-electron chi connectivity index (χ2n) is 4.20. The Labute approximate surface area is 98.2 Å².